The number of hydrogen-bond acceptors (Lipinski definition) is 5. The molecule has 5 heteroatoms. The van der Waals surface area contributed by atoms with Crippen molar-refractivity contribution in [2.24, 2.45) is 0 Å². The lowest BCUT2D eigenvalue weighted by molar-refractivity contribution is 0.0636. The Morgan fingerprint density at radius 3 is 2.56 bits per heavy atom. The van der Waals surface area contributed by atoms with E-state index in [1.54, 1.807) is 0 Å². The van der Waals surface area contributed by atoms with Crippen LogP contribution in [-0.2, 0) is 6.54 Å². The van der Waals surface area contributed by atoms with Crippen LogP contribution in [-0.4, -0.2) is 72.1 Å². The first kappa shape index (κ1) is 19.9. The molecule has 0 radical (unpaired) electrons. The Morgan fingerprint density at radius 2 is 1.92 bits per heavy atom. The van der Waals surface area contributed by atoms with E-state index in [0.717, 1.165) is 44.9 Å². The highest BCUT2D eigenvalue weighted by Crippen LogP contribution is 2.18. The zero-order valence-corrected chi connectivity index (χ0v) is 15.5. The van der Waals surface area contributed by atoms with Gasteiger partial charge in [-0.15, -0.1) is 0 Å². The Morgan fingerprint density at radius 1 is 1.16 bits per heavy atom. The summed E-state index contributed by atoms with van der Waals surface area (Å²) in [6.07, 6.45) is 3.09. The normalized spacial score (nSPS) is 19.0. The molecular weight excluding hydrogens is 316 g/mol. The summed E-state index contributed by atoms with van der Waals surface area (Å²) in [5.74, 6) is 0.794. The molecule has 0 amide bonds. The van der Waals surface area contributed by atoms with E-state index in [1.165, 1.54) is 11.1 Å². The van der Waals surface area contributed by atoms with Gasteiger partial charge in [-0.2, -0.15) is 0 Å². The molecule has 1 heterocycles. The topological polar surface area (TPSA) is 56.2 Å². The molecule has 0 aromatic heterocycles. The molecule has 5 nitrogen and oxygen atoms in total. The number of aliphatic hydroxyl groups is 2. The summed E-state index contributed by atoms with van der Waals surface area (Å²) in [6, 6.07) is 8.50. The van der Waals surface area contributed by atoms with Crippen LogP contribution in [0.4, 0.5) is 0 Å². The molecule has 1 atom stereocenters. The summed E-state index contributed by atoms with van der Waals surface area (Å²) >= 11 is 0. The zero-order valence-electron chi connectivity index (χ0n) is 15.5. The minimum atomic E-state index is 0.0328. The van der Waals surface area contributed by atoms with Crippen LogP contribution in [0.1, 0.15) is 25.8 Å². The first-order valence-electron chi connectivity index (χ1n) is 9.15. The highest BCUT2D eigenvalue weighted by molar-refractivity contribution is 5.27. The van der Waals surface area contributed by atoms with Gasteiger partial charge in [0.05, 0.1) is 6.61 Å². The van der Waals surface area contributed by atoms with Gasteiger partial charge in [0.25, 0.3) is 0 Å². The average molecular weight is 348 g/mol. The van der Waals surface area contributed by atoms with Crippen LogP contribution in [0.15, 0.2) is 35.9 Å². The molecule has 0 bridgehead atoms. The van der Waals surface area contributed by atoms with E-state index in [-0.39, 0.29) is 13.2 Å². The molecule has 1 saturated heterocycles. The fraction of sp³-hybridized carbons (Fsp3) is 0.600. The molecule has 1 unspecified atom stereocenters. The Kier molecular flexibility index (Phi) is 8.41. The highest BCUT2D eigenvalue weighted by Gasteiger charge is 2.25. The Hall–Kier alpha value is -1.40. The molecule has 1 aromatic rings. The maximum absolute atomic E-state index is 9.40. The number of nitrogens with zero attached hydrogens (tertiary/aromatic N) is 2. The third-order valence-corrected chi connectivity index (χ3v) is 4.57. The van der Waals surface area contributed by atoms with Crippen molar-refractivity contribution in [3.05, 3.63) is 41.5 Å². The van der Waals surface area contributed by atoms with E-state index < -0.39 is 0 Å². The maximum Gasteiger partial charge on any atom is 0.119 e. The number of allylic oxidation sites excluding steroid dienone is 1. The van der Waals surface area contributed by atoms with Gasteiger partial charge in [0, 0.05) is 45.4 Å². The van der Waals surface area contributed by atoms with Crippen LogP contribution in [0, 0.1) is 0 Å². The van der Waals surface area contributed by atoms with Crippen LogP contribution in [0.5, 0.6) is 5.75 Å². The molecule has 1 aliphatic rings. The van der Waals surface area contributed by atoms with E-state index in [9.17, 15) is 5.11 Å². The monoisotopic (exact) mass is 348 g/mol. The van der Waals surface area contributed by atoms with Gasteiger partial charge in [0.2, 0.25) is 0 Å². The number of hydrogen-bond donors (Lipinski definition) is 2. The lowest BCUT2D eigenvalue weighted by Crippen LogP contribution is -2.53. The maximum atomic E-state index is 9.40. The Balaban J connectivity index is 1.89. The van der Waals surface area contributed by atoms with E-state index in [1.807, 2.05) is 12.1 Å². The minimum Gasteiger partial charge on any atom is -0.491 e. The van der Waals surface area contributed by atoms with Gasteiger partial charge in [0.15, 0.2) is 0 Å². The molecule has 25 heavy (non-hydrogen) atoms. The highest BCUT2D eigenvalue weighted by atomic mass is 16.5. The predicted molar refractivity (Wildman–Crippen MR) is 101 cm³/mol. The summed E-state index contributed by atoms with van der Waals surface area (Å²) < 4.78 is 5.41. The van der Waals surface area contributed by atoms with Gasteiger partial charge in [-0.3, -0.25) is 9.80 Å². The van der Waals surface area contributed by atoms with Crippen molar-refractivity contribution in [1.29, 1.82) is 0 Å². The SMILES string of the molecule is CC(C)=CCN1CCN(Cc2ccc(OCCO)cc2)CC1CCO. The fourth-order valence-electron chi connectivity index (χ4n) is 3.18. The first-order valence-corrected chi connectivity index (χ1v) is 9.15. The molecule has 1 aromatic carbocycles. The lowest BCUT2D eigenvalue weighted by atomic mass is 10.1. The van der Waals surface area contributed by atoms with Crippen LogP contribution < -0.4 is 4.74 Å². The van der Waals surface area contributed by atoms with Gasteiger partial charge in [-0.25, -0.2) is 0 Å². The second kappa shape index (κ2) is 10.6. The predicted octanol–water partition coefficient (Wildman–Crippen LogP) is 1.89. The zero-order chi connectivity index (χ0) is 18.1. The molecule has 2 N–H and O–H groups in total. The molecule has 2 rings (SSSR count). The van der Waals surface area contributed by atoms with Crippen LogP contribution in [0.2, 0.25) is 0 Å². The van der Waals surface area contributed by atoms with Gasteiger partial charge < -0.3 is 14.9 Å². The largest absolute Gasteiger partial charge is 0.491 e. The molecule has 0 saturated carbocycles. The average Bonchev–Trinajstić information content (AvgIpc) is 2.60. The van der Waals surface area contributed by atoms with Gasteiger partial charge in [-0.1, -0.05) is 23.8 Å². The third-order valence-electron chi connectivity index (χ3n) is 4.57. The number of aliphatic hydroxyl groups excluding tert-OH is 2. The summed E-state index contributed by atoms with van der Waals surface area (Å²) in [6.45, 7) is 9.81. The van der Waals surface area contributed by atoms with Crippen molar-refractivity contribution in [3.63, 3.8) is 0 Å². The number of benzene rings is 1. The molecule has 0 aliphatic carbocycles. The van der Waals surface area contributed by atoms with Crippen molar-refractivity contribution >= 4 is 0 Å². The summed E-state index contributed by atoms with van der Waals surface area (Å²) in [5, 5.41) is 18.2. The van der Waals surface area contributed by atoms with E-state index >= 15 is 0 Å². The number of piperazine rings is 1. The van der Waals surface area contributed by atoms with Crippen molar-refractivity contribution in [1.82, 2.24) is 9.80 Å². The second-order valence-corrected chi connectivity index (χ2v) is 6.89. The first-order chi connectivity index (χ1) is 12.1. The van der Waals surface area contributed by atoms with Crippen molar-refractivity contribution in [2.45, 2.75) is 32.9 Å². The molecule has 1 fully saturated rings. The Bertz CT molecular complexity index is 526. The molecule has 1 aliphatic heterocycles. The van der Waals surface area contributed by atoms with Crippen molar-refractivity contribution in [2.75, 3.05) is 46.0 Å². The molecule has 0 spiro atoms. The van der Waals surface area contributed by atoms with Crippen LogP contribution in [0.25, 0.3) is 0 Å². The van der Waals surface area contributed by atoms with Gasteiger partial charge in [0.1, 0.15) is 12.4 Å². The standard InChI is InChI=1S/C20H32N2O3/c1-17(2)7-9-22-11-10-21(16-19(22)8-12-23)15-18-3-5-20(6-4-18)25-14-13-24/h3-7,19,23-24H,8-16H2,1-2H3. The second-order valence-electron chi connectivity index (χ2n) is 6.89. The van der Waals surface area contributed by atoms with Gasteiger partial charge >= 0.3 is 0 Å². The van der Waals surface area contributed by atoms with E-state index in [2.05, 4.69) is 41.9 Å². The smallest absolute Gasteiger partial charge is 0.119 e. The molecular formula is C20H32N2O3. The Labute approximate surface area is 151 Å². The number of rotatable bonds is 9. The summed E-state index contributed by atoms with van der Waals surface area (Å²) in [5.41, 5.74) is 2.60. The van der Waals surface area contributed by atoms with E-state index in [0.29, 0.717) is 12.6 Å². The van der Waals surface area contributed by atoms with Crippen LogP contribution >= 0.6 is 0 Å². The fourth-order valence-corrected chi connectivity index (χ4v) is 3.18. The third kappa shape index (κ3) is 6.78. The molecule has 140 valence electrons. The van der Waals surface area contributed by atoms with E-state index in [4.69, 9.17) is 9.84 Å². The summed E-state index contributed by atoms with van der Waals surface area (Å²) in [4.78, 5) is 4.94. The van der Waals surface area contributed by atoms with Crippen molar-refractivity contribution < 1.29 is 14.9 Å². The van der Waals surface area contributed by atoms with Crippen molar-refractivity contribution in [3.8, 4) is 5.75 Å². The van der Waals surface area contributed by atoms with Gasteiger partial charge in [-0.05, 0) is 38.0 Å². The minimum absolute atomic E-state index is 0.0328. The summed E-state index contributed by atoms with van der Waals surface area (Å²) in [7, 11) is 0. The lowest BCUT2D eigenvalue weighted by Gasteiger charge is -2.41. The van der Waals surface area contributed by atoms with Crippen LogP contribution in [0.3, 0.4) is 0 Å². The number of ether oxygens (including phenoxy) is 1. The quantitative estimate of drug-likeness (QED) is 0.668.